The molecule has 2 rings (SSSR count). The van der Waals surface area contributed by atoms with Crippen LogP contribution in [0.15, 0.2) is 54.9 Å². The van der Waals surface area contributed by atoms with Crippen molar-refractivity contribution in [2.75, 3.05) is 13.2 Å². The van der Waals surface area contributed by atoms with E-state index in [0.29, 0.717) is 6.07 Å². The van der Waals surface area contributed by atoms with Crippen molar-refractivity contribution in [3.63, 3.8) is 0 Å². The first-order valence-corrected chi connectivity index (χ1v) is 11.0. The Morgan fingerprint density at radius 2 is 0.929 bits per heavy atom. The van der Waals surface area contributed by atoms with E-state index in [0.717, 1.165) is 18.2 Å². The lowest BCUT2D eigenvalue weighted by atomic mass is 9.99. The molecule has 0 atom stereocenters. The number of nitrogens with zero attached hydrogens (tertiary/aromatic N) is 1. The summed E-state index contributed by atoms with van der Waals surface area (Å²) in [7, 11) is 0. The van der Waals surface area contributed by atoms with E-state index in [4.69, 9.17) is 10.2 Å². The van der Waals surface area contributed by atoms with E-state index >= 15 is 0 Å². The number of hydrogen-bond acceptors (Lipinski definition) is 7. The van der Waals surface area contributed by atoms with Crippen LogP contribution in [0.4, 0.5) is 52.7 Å². The van der Waals surface area contributed by atoms with Crippen LogP contribution in [0.3, 0.4) is 0 Å². The normalized spacial score (nSPS) is 13.1. The maximum Gasteiger partial charge on any atom is 0.426 e. The van der Waals surface area contributed by atoms with Crippen LogP contribution in [0.25, 0.3) is 0 Å². The van der Waals surface area contributed by atoms with Crippen LogP contribution in [0.1, 0.15) is 33.6 Å². The second-order valence-corrected chi connectivity index (χ2v) is 8.09. The van der Waals surface area contributed by atoms with Gasteiger partial charge in [0, 0.05) is 25.2 Å². The number of hydrogen-bond donors (Lipinski definition) is 2. The molecule has 0 amide bonds. The number of alkyl halides is 12. The number of carbonyl (C=O) groups is 2. The number of aliphatic hydroxyl groups is 2. The predicted octanol–water partition coefficient (Wildman–Crippen LogP) is 5.57. The number of benzene rings is 1. The largest absolute Gasteiger partial charge is 0.462 e. The number of rotatable bonds is 8. The minimum Gasteiger partial charge on any atom is -0.462 e. The molecule has 0 bridgehead atoms. The van der Waals surface area contributed by atoms with Gasteiger partial charge in [-0.25, -0.2) is 9.59 Å². The fourth-order valence-corrected chi connectivity index (χ4v) is 2.72. The smallest absolute Gasteiger partial charge is 0.426 e. The van der Waals surface area contributed by atoms with Crippen molar-refractivity contribution in [2.45, 2.75) is 48.7 Å². The zero-order valence-electron chi connectivity index (χ0n) is 20.5. The number of ether oxygens (including phenoxy) is 2. The van der Waals surface area contributed by atoms with Crippen LogP contribution in [0, 0.1) is 0 Å². The van der Waals surface area contributed by atoms with Crippen LogP contribution < -0.4 is 0 Å². The quantitative estimate of drug-likeness (QED) is 0.289. The zero-order valence-corrected chi connectivity index (χ0v) is 20.5. The summed E-state index contributed by atoms with van der Waals surface area (Å²) in [5.41, 5.74) is -11.8. The van der Waals surface area contributed by atoms with Gasteiger partial charge in [-0.3, -0.25) is 4.98 Å². The summed E-state index contributed by atoms with van der Waals surface area (Å²) in [5, 5.41) is 17.9. The molecule has 0 fully saturated rings. The molecule has 0 spiro atoms. The van der Waals surface area contributed by atoms with Gasteiger partial charge in [0.15, 0.2) is 0 Å². The summed E-state index contributed by atoms with van der Waals surface area (Å²) < 4.78 is 160. The molecule has 0 aliphatic rings. The van der Waals surface area contributed by atoms with E-state index in [-0.39, 0.29) is 0 Å². The lowest BCUT2D eigenvalue weighted by molar-refractivity contribution is -0.371. The summed E-state index contributed by atoms with van der Waals surface area (Å²) >= 11 is 0. The topological polar surface area (TPSA) is 106 Å². The Balaban J connectivity index is 0.00000129. The second kappa shape index (κ2) is 13.6. The maximum absolute atomic E-state index is 12.6. The van der Waals surface area contributed by atoms with Gasteiger partial charge < -0.3 is 19.7 Å². The van der Waals surface area contributed by atoms with E-state index < -0.39 is 85.0 Å². The van der Waals surface area contributed by atoms with Gasteiger partial charge in [0.25, 0.3) is 11.2 Å². The van der Waals surface area contributed by atoms with E-state index in [1.165, 1.54) is 0 Å². The minimum atomic E-state index is -6.17. The Bertz CT molecular complexity index is 1040. The molecular formula is C23H19F12NO6. The summed E-state index contributed by atoms with van der Waals surface area (Å²) in [4.78, 5) is 27.5. The van der Waals surface area contributed by atoms with Gasteiger partial charge in [0.05, 0.1) is 24.3 Å². The average Bonchev–Trinajstić information content (AvgIpc) is 2.87. The van der Waals surface area contributed by atoms with E-state index in [1.54, 1.807) is 12.4 Å². The van der Waals surface area contributed by atoms with Gasteiger partial charge in [0.2, 0.25) is 0 Å². The van der Waals surface area contributed by atoms with E-state index in [2.05, 4.69) is 14.5 Å². The first-order chi connectivity index (χ1) is 19.0. The fraction of sp³-hybridized carbons (Fsp3) is 0.435. The van der Waals surface area contributed by atoms with Crippen LogP contribution in [0.2, 0.25) is 0 Å². The Hall–Kier alpha value is -3.61. The van der Waals surface area contributed by atoms with Gasteiger partial charge in [-0.15, -0.1) is 0 Å². The first kappa shape index (κ1) is 36.4. The molecule has 0 aliphatic heterocycles. The maximum atomic E-state index is 12.6. The fourth-order valence-electron chi connectivity index (χ4n) is 2.72. The highest BCUT2D eigenvalue weighted by Crippen LogP contribution is 2.46. The third-order valence-electron chi connectivity index (χ3n) is 5.17. The highest BCUT2D eigenvalue weighted by molar-refractivity contribution is 5.95. The molecule has 19 heteroatoms. The molecule has 1 aromatic carbocycles. The molecule has 0 saturated carbocycles. The molecule has 1 aromatic heterocycles. The molecule has 236 valence electrons. The molecule has 7 nitrogen and oxygen atoms in total. The van der Waals surface area contributed by atoms with Crippen molar-refractivity contribution >= 4 is 11.9 Å². The monoisotopic (exact) mass is 633 g/mol. The summed E-state index contributed by atoms with van der Waals surface area (Å²) in [6, 6.07) is 8.84. The molecule has 42 heavy (non-hydrogen) atoms. The Labute approximate surface area is 227 Å². The highest BCUT2D eigenvalue weighted by Gasteiger charge is 2.71. The average molecular weight is 633 g/mol. The zero-order chi connectivity index (χ0) is 32.6. The summed E-state index contributed by atoms with van der Waals surface area (Å²) in [6.45, 7) is -3.20. The summed E-state index contributed by atoms with van der Waals surface area (Å²) in [6.07, 6.45) is -25.5. The highest BCUT2D eigenvalue weighted by atomic mass is 19.4. The van der Waals surface area contributed by atoms with Crippen LogP contribution in [0.5, 0.6) is 0 Å². The molecule has 2 N–H and O–H groups in total. The SMILES string of the molecule is O=C(OCCC(O)(C(F)(F)F)C(F)(F)F)c1cccc(C(=O)OCCC(O)(C(F)(F)F)C(F)(F)F)c1.c1ccncc1. The lowest BCUT2D eigenvalue weighted by Crippen LogP contribution is -2.57. The Kier molecular flexibility index (Phi) is 11.8. The number of halogens is 12. The molecule has 0 radical (unpaired) electrons. The van der Waals surface area contributed by atoms with Gasteiger partial charge >= 0.3 is 36.6 Å². The number of pyridine rings is 1. The van der Waals surface area contributed by atoms with Crippen molar-refractivity contribution in [2.24, 2.45) is 0 Å². The van der Waals surface area contributed by atoms with Crippen molar-refractivity contribution in [1.82, 2.24) is 4.98 Å². The number of aromatic nitrogens is 1. The van der Waals surface area contributed by atoms with Crippen LogP contribution >= 0.6 is 0 Å². The molecular weight excluding hydrogens is 614 g/mol. The van der Waals surface area contributed by atoms with Gasteiger partial charge in [-0.2, -0.15) is 52.7 Å². The molecule has 0 aliphatic carbocycles. The predicted molar refractivity (Wildman–Crippen MR) is 115 cm³/mol. The Morgan fingerprint density at radius 3 is 1.17 bits per heavy atom. The lowest BCUT2D eigenvalue weighted by Gasteiger charge is -2.32. The molecule has 1 heterocycles. The number of esters is 2. The Morgan fingerprint density at radius 1 is 0.595 bits per heavy atom. The second-order valence-electron chi connectivity index (χ2n) is 8.09. The van der Waals surface area contributed by atoms with Crippen LogP contribution in [-0.4, -0.2) is 76.3 Å². The standard InChI is InChI=1S/C18H14F12O6.C5H5N/c19-15(20,21)13(33,16(22,23)24)4-6-35-11(31)9-2-1-3-10(8-9)12(32)36-7-5-14(34,17(25,26)27)18(28,29)30;1-2-4-6-5-3-1/h1-3,8,33-34H,4-7H2;1-5H. The van der Waals surface area contributed by atoms with Crippen molar-refractivity contribution in [1.29, 1.82) is 0 Å². The van der Waals surface area contributed by atoms with Crippen molar-refractivity contribution < 1.29 is 82.0 Å². The summed E-state index contributed by atoms with van der Waals surface area (Å²) in [5.74, 6) is -3.19. The van der Waals surface area contributed by atoms with Crippen molar-refractivity contribution in [3.05, 3.63) is 66.0 Å². The third kappa shape index (κ3) is 9.20. The molecule has 0 unspecified atom stereocenters. The van der Waals surface area contributed by atoms with Gasteiger partial charge in [0.1, 0.15) is 0 Å². The molecule has 0 saturated heterocycles. The third-order valence-corrected chi connectivity index (χ3v) is 5.17. The van der Waals surface area contributed by atoms with Gasteiger partial charge in [-0.05, 0) is 30.3 Å². The van der Waals surface area contributed by atoms with Crippen LogP contribution in [-0.2, 0) is 9.47 Å². The minimum absolute atomic E-state index is 0.560. The van der Waals surface area contributed by atoms with E-state index in [9.17, 15) is 62.3 Å². The number of carbonyl (C=O) groups excluding carboxylic acids is 2. The van der Waals surface area contributed by atoms with Gasteiger partial charge in [-0.1, -0.05) is 12.1 Å². The molecule has 2 aromatic rings. The van der Waals surface area contributed by atoms with Crippen molar-refractivity contribution in [3.8, 4) is 0 Å². The first-order valence-electron chi connectivity index (χ1n) is 11.0. The van der Waals surface area contributed by atoms with E-state index in [1.807, 2.05) is 18.2 Å².